The number of nitrogens with zero attached hydrogens (tertiary/aromatic N) is 1. The summed E-state index contributed by atoms with van der Waals surface area (Å²) in [7, 11) is 0. The quantitative estimate of drug-likeness (QED) is 0.912. The maximum Gasteiger partial charge on any atom is 0.0894 e. The van der Waals surface area contributed by atoms with Crippen LogP contribution in [0, 0.1) is 0 Å². The minimum Gasteiger partial charge on any atom is -0.374 e. The summed E-state index contributed by atoms with van der Waals surface area (Å²) in [5.41, 5.74) is 7.04. The van der Waals surface area contributed by atoms with Crippen molar-refractivity contribution in [2.24, 2.45) is 5.73 Å². The van der Waals surface area contributed by atoms with E-state index in [9.17, 15) is 0 Å². The minimum atomic E-state index is 0.0590. The Bertz CT molecular complexity index is 384. The number of hydrogen-bond acceptors (Lipinski definition) is 3. The lowest BCUT2D eigenvalue weighted by molar-refractivity contribution is -0.0676. The first-order valence-electron chi connectivity index (χ1n) is 6.57. The van der Waals surface area contributed by atoms with E-state index in [4.69, 9.17) is 22.1 Å². The molecule has 18 heavy (non-hydrogen) atoms. The van der Waals surface area contributed by atoms with Crippen molar-refractivity contribution in [2.75, 3.05) is 26.2 Å². The predicted molar refractivity (Wildman–Crippen MR) is 74.9 cm³/mol. The van der Waals surface area contributed by atoms with Crippen LogP contribution in [0.5, 0.6) is 0 Å². The van der Waals surface area contributed by atoms with Gasteiger partial charge in [-0.25, -0.2) is 0 Å². The third-order valence-corrected chi connectivity index (χ3v) is 3.62. The van der Waals surface area contributed by atoms with Crippen molar-refractivity contribution in [1.82, 2.24) is 4.90 Å². The zero-order chi connectivity index (χ0) is 13.0. The van der Waals surface area contributed by atoms with Gasteiger partial charge in [0.25, 0.3) is 0 Å². The maximum absolute atomic E-state index is 6.09. The zero-order valence-corrected chi connectivity index (χ0v) is 11.6. The van der Waals surface area contributed by atoms with E-state index in [1.807, 2.05) is 18.2 Å². The molecule has 0 spiro atoms. The second-order valence-electron chi connectivity index (χ2n) is 4.68. The van der Waals surface area contributed by atoms with Gasteiger partial charge in [-0.1, -0.05) is 30.7 Å². The molecule has 2 N–H and O–H groups in total. The lowest BCUT2D eigenvalue weighted by Gasteiger charge is -2.41. The summed E-state index contributed by atoms with van der Waals surface area (Å²) in [4.78, 5) is 2.45. The molecule has 0 amide bonds. The molecular formula is C14H21ClN2O. The molecule has 3 nitrogen and oxygen atoms in total. The lowest BCUT2D eigenvalue weighted by atomic mass is 9.98. The molecule has 2 unspecified atom stereocenters. The van der Waals surface area contributed by atoms with Gasteiger partial charge in [0.1, 0.15) is 0 Å². The highest BCUT2D eigenvalue weighted by atomic mass is 35.5. The van der Waals surface area contributed by atoms with Crippen molar-refractivity contribution >= 4 is 11.6 Å². The van der Waals surface area contributed by atoms with Crippen molar-refractivity contribution < 1.29 is 4.74 Å². The van der Waals surface area contributed by atoms with Crippen LogP contribution in [0.2, 0.25) is 5.02 Å². The second-order valence-corrected chi connectivity index (χ2v) is 5.12. The highest BCUT2D eigenvalue weighted by Gasteiger charge is 2.32. The summed E-state index contributed by atoms with van der Waals surface area (Å²) >= 11 is 6.09. The summed E-state index contributed by atoms with van der Waals surface area (Å²) in [5.74, 6) is 0. The molecular weight excluding hydrogens is 248 g/mol. The number of morpholine rings is 1. The molecule has 0 bridgehead atoms. The first kappa shape index (κ1) is 13.8. The number of benzene rings is 1. The smallest absolute Gasteiger partial charge is 0.0894 e. The van der Waals surface area contributed by atoms with E-state index in [0.717, 1.165) is 31.1 Å². The summed E-state index contributed by atoms with van der Waals surface area (Å²) in [6.07, 6.45) is 1.19. The van der Waals surface area contributed by atoms with Gasteiger partial charge in [-0.2, -0.15) is 0 Å². The van der Waals surface area contributed by atoms with Crippen LogP contribution in [-0.4, -0.2) is 37.2 Å². The van der Waals surface area contributed by atoms with Crippen LogP contribution in [-0.2, 0) is 4.74 Å². The molecule has 2 atom stereocenters. The Balaban J connectivity index is 2.27. The zero-order valence-electron chi connectivity index (χ0n) is 10.8. The maximum atomic E-state index is 6.09. The fraction of sp³-hybridized carbons (Fsp3) is 0.571. The fourth-order valence-electron chi connectivity index (χ4n) is 2.64. The Morgan fingerprint density at radius 2 is 2.33 bits per heavy atom. The third-order valence-electron chi connectivity index (χ3n) is 3.39. The molecule has 1 fully saturated rings. The Kier molecular flexibility index (Phi) is 5.01. The Morgan fingerprint density at radius 1 is 1.50 bits per heavy atom. The summed E-state index contributed by atoms with van der Waals surface area (Å²) in [6, 6.07) is 8.24. The molecule has 100 valence electrons. The van der Waals surface area contributed by atoms with Gasteiger partial charge in [-0.05, 0) is 30.7 Å². The molecule has 0 aromatic heterocycles. The summed E-state index contributed by atoms with van der Waals surface area (Å²) in [5, 5.41) is 0.769. The van der Waals surface area contributed by atoms with E-state index in [0.29, 0.717) is 6.54 Å². The summed E-state index contributed by atoms with van der Waals surface area (Å²) < 4.78 is 5.80. The number of nitrogens with two attached hydrogens (primary N) is 1. The van der Waals surface area contributed by atoms with Crippen LogP contribution in [0.25, 0.3) is 0 Å². The Labute approximate surface area is 114 Å². The van der Waals surface area contributed by atoms with Gasteiger partial charge in [0, 0.05) is 18.1 Å². The van der Waals surface area contributed by atoms with Crippen molar-refractivity contribution in [2.45, 2.75) is 25.5 Å². The number of rotatable bonds is 4. The molecule has 4 heteroatoms. The van der Waals surface area contributed by atoms with Gasteiger partial charge >= 0.3 is 0 Å². The van der Waals surface area contributed by atoms with E-state index < -0.39 is 0 Å². The molecule has 1 saturated heterocycles. The number of hydrogen-bond donors (Lipinski definition) is 1. The van der Waals surface area contributed by atoms with E-state index in [2.05, 4.69) is 17.9 Å². The van der Waals surface area contributed by atoms with E-state index in [-0.39, 0.29) is 12.1 Å². The molecule has 1 heterocycles. The van der Waals surface area contributed by atoms with Gasteiger partial charge in [0.2, 0.25) is 0 Å². The molecule has 1 aliphatic heterocycles. The van der Waals surface area contributed by atoms with E-state index >= 15 is 0 Å². The normalized spacial score (nSPS) is 25.3. The van der Waals surface area contributed by atoms with Crippen molar-refractivity contribution in [3.8, 4) is 0 Å². The van der Waals surface area contributed by atoms with Gasteiger partial charge in [0.05, 0.1) is 18.8 Å². The first-order valence-corrected chi connectivity index (χ1v) is 6.95. The Hall–Kier alpha value is -0.610. The van der Waals surface area contributed by atoms with Crippen LogP contribution in [0.3, 0.4) is 0 Å². The highest BCUT2D eigenvalue weighted by Crippen LogP contribution is 2.30. The number of halogens is 1. The van der Waals surface area contributed by atoms with E-state index in [1.165, 1.54) is 5.56 Å². The molecule has 0 saturated carbocycles. The van der Waals surface area contributed by atoms with Crippen LogP contribution < -0.4 is 5.73 Å². The molecule has 0 radical (unpaired) electrons. The van der Waals surface area contributed by atoms with Crippen LogP contribution in [0.4, 0.5) is 0 Å². The largest absolute Gasteiger partial charge is 0.374 e. The second kappa shape index (κ2) is 6.53. The van der Waals surface area contributed by atoms with Crippen LogP contribution >= 0.6 is 11.6 Å². The van der Waals surface area contributed by atoms with Crippen LogP contribution in [0.15, 0.2) is 24.3 Å². The highest BCUT2D eigenvalue weighted by molar-refractivity contribution is 6.30. The van der Waals surface area contributed by atoms with E-state index in [1.54, 1.807) is 0 Å². The molecule has 2 rings (SSSR count). The van der Waals surface area contributed by atoms with Gasteiger partial charge in [-0.15, -0.1) is 0 Å². The molecule has 1 aliphatic rings. The van der Waals surface area contributed by atoms with Crippen LogP contribution in [0.1, 0.15) is 24.9 Å². The van der Waals surface area contributed by atoms with Gasteiger partial charge < -0.3 is 10.5 Å². The molecule has 1 aromatic rings. The van der Waals surface area contributed by atoms with Gasteiger partial charge in [-0.3, -0.25) is 4.90 Å². The lowest BCUT2D eigenvalue weighted by Crippen LogP contribution is -2.48. The summed E-state index contributed by atoms with van der Waals surface area (Å²) in [6.45, 7) is 5.52. The van der Waals surface area contributed by atoms with Crippen molar-refractivity contribution in [3.05, 3.63) is 34.9 Å². The average molecular weight is 269 g/mol. The average Bonchev–Trinajstić information content (AvgIpc) is 2.38. The SMILES string of the molecule is CCCN1CCOC(CN)C1c1cccc(Cl)c1. The number of ether oxygens (including phenoxy) is 1. The van der Waals surface area contributed by atoms with Gasteiger partial charge in [0.15, 0.2) is 0 Å². The standard InChI is InChI=1S/C14H21ClN2O/c1-2-6-17-7-8-18-13(10-16)14(17)11-4-3-5-12(15)9-11/h3-5,9,13-14H,2,6-8,10,16H2,1H3. The molecule has 0 aliphatic carbocycles. The topological polar surface area (TPSA) is 38.5 Å². The predicted octanol–water partition coefficient (Wildman–Crippen LogP) is 2.45. The van der Waals surface area contributed by atoms with Crippen molar-refractivity contribution in [3.63, 3.8) is 0 Å². The van der Waals surface area contributed by atoms with Crippen molar-refractivity contribution in [1.29, 1.82) is 0 Å². The fourth-order valence-corrected chi connectivity index (χ4v) is 2.84. The monoisotopic (exact) mass is 268 g/mol. The first-order chi connectivity index (χ1) is 8.76. The molecule has 1 aromatic carbocycles. The third kappa shape index (κ3) is 3.04. The minimum absolute atomic E-state index is 0.0590. The Morgan fingerprint density at radius 3 is 3.00 bits per heavy atom.